The van der Waals surface area contributed by atoms with Crippen molar-refractivity contribution in [1.29, 1.82) is 0 Å². The maximum absolute atomic E-state index is 11.6. The summed E-state index contributed by atoms with van der Waals surface area (Å²) in [5, 5.41) is 2.01. The second kappa shape index (κ2) is 4.42. The highest BCUT2D eigenvalue weighted by Crippen LogP contribution is 2.12. The molecule has 1 saturated heterocycles. The van der Waals surface area contributed by atoms with Crippen LogP contribution in [0.15, 0.2) is 23.6 Å². The maximum Gasteiger partial charge on any atom is 0.246 e. The lowest BCUT2D eigenvalue weighted by Gasteiger charge is -2.11. The van der Waals surface area contributed by atoms with Crippen LogP contribution in [0.5, 0.6) is 0 Å². The van der Waals surface area contributed by atoms with Crippen molar-refractivity contribution in [1.82, 2.24) is 4.90 Å². The highest BCUT2D eigenvalue weighted by molar-refractivity contribution is 7.10. The molecule has 1 aliphatic rings. The van der Waals surface area contributed by atoms with E-state index in [1.165, 1.54) is 0 Å². The number of carbonyl (C=O) groups is 1. The molecule has 74 valence electrons. The van der Waals surface area contributed by atoms with Crippen LogP contribution in [-0.2, 0) is 4.79 Å². The Balaban J connectivity index is 1.93. The van der Waals surface area contributed by atoms with Crippen molar-refractivity contribution in [3.8, 4) is 0 Å². The lowest BCUT2D eigenvalue weighted by atomic mass is 10.4. The van der Waals surface area contributed by atoms with Crippen LogP contribution >= 0.6 is 11.3 Å². The highest BCUT2D eigenvalue weighted by atomic mass is 32.1. The molecule has 2 heterocycles. The molecule has 2 nitrogen and oxygen atoms in total. The number of hydrogen-bond acceptors (Lipinski definition) is 2. The van der Waals surface area contributed by atoms with Gasteiger partial charge in [-0.3, -0.25) is 4.79 Å². The van der Waals surface area contributed by atoms with Crippen LogP contribution in [0.25, 0.3) is 6.08 Å². The van der Waals surface area contributed by atoms with Crippen molar-refractivity contribution >= 4 is 23.3 Å². The van der Waals surface area contributed by atoms with Crippen molar-refractivity contribution in [3.63, 3.8) is 0 Å². The van der Waals surface area contributed by atoms with Gasteiger partial charge in [0.05, 0.1) is 0 Å². The van der Waals surface area contributed by atoms with E-state index in [2.05, 4.69) is 0 Å². The Labute approximate surface area is 87.9 Å². The molecule has 0 radical (unpaired) electrons. The van der Waals surface area contributed by atoms with E-state index in [9.17, 15) is 4.79 Å². The summed E-state index contributed by atoms with van der Waals surface area (Å²) < 4.78 is 0. The Morgan fingerprint density at radius 1 is 1.43 bits per heavy atom. The standard InChI is InChI=1S/C11H13NOS/c13-11(12-7-1-2-8-12)6-5-10-4-3-9-14-10/h3-6,9H,1-2,7-8H2. The quantitative estimate of drug-likeness (QED) is 0.682. The van der Waals surface area contributed by atoms with Gasteiger partial charge in [0.25, 0.3) is 0 Å². The first-order chi connectivity index (χ1) is 6.86. The molecule has 0 spiro atoms. The molecule has 1 aromatic heterocycles. The van der Waals surface area contributed by atoms with Gasteiger partial charge >= 0.3 is 0 Å². The molecular formula is C11H13NOS. The molecule has 0 N–H and O–H groups in total. The fourth-order valence-corrected chi connectivity index (χ4v) is 2.20. The van der Waals surface area contributed by atoms with Crippen LogP contribution in [0.2, 0.25) is 0 Å². The summed E-state index contributed by atoms with van der Waals surface area (Å²) in [7, 11) is 0. The first kappa shape index (κ1) is 9.46. The van der Waals surface area contributed by atoms with E-state index in [4.69, 9.17) is 0 Å². The van der Waals surface area contributed by atoms with E-state index in [0.29, 0.717) is 0 Å². The predicted octanol–water partition coefficient (Wildman–Crippen LogP) is 2.38. The van der Waals surface area contributed by atoms with Crippen LogP contribution in [0, 0.1) is 0 Å². The lowest BCUT2D eigenvalue weighted by molar-refractivity contribution is -0.124. The molecule has 0 aromatic carbocycles. The minimum absolute atomic E-state index is 0.149. The van der Waals surface area contributed by atoms with Gasteiger partial charge in [0.2, 0.25) is 5.91 Å². The van der Waals surface area contributed by atoms with E-state index in [0.717, 1.165) is 30.8 Å². The molecule has 1 amide bonds. The van der Waals surface area contributed by atoms with Gasteiger partial charge in [0.1, 0.15) is 0 Å². The first-order valence-electron chi connectivity index (χ1n) is 4.87. The summed E-state index contributed by atoms with van der Waals surface area (Å²) in [6.45, 7) is 1.85. The van der Waals surface area contributed by atoms with Crippen LogP contribution in [-0.4, -0.2) is 23.9 Å². The molecule has 14 heavy (non-hydrogen) atoms. The third-order valence-corrected chi connectivity index (χ3v) is 3.19. The van der Waals surface area contributed by atoms with E-state index >= 15 is 0 Å². The number of rotatable bonds is 2. The lowest BCUT2D eigenvalue weighted by Crippen LogP contribution is -2.25. The number of nitrogens with zero attached hydrogens (tertiary/aromatic N) is 1. The fraction of sp³-hybridized carbons (Fsp3) is 0.364. The number of thiophene rings is 1. The topological polar surface area (TPSA) is 20.3 Å². The van der Waals surface area contributed by atoms with Crippen molar-refractivity contribution in [2.45, 2.75) is 12.8 Å². The first-order valence-corrected chi connectivity index (χ1v) is 5.75. The average molecular weight is 207 g/mol. The SMILES string of the molecule is O=C(C=Cc1cccs1)N1CCCC1. The molecule has 0 bridgehead atoms. The molecule has 3 heteroatoms. The summed E-state index contributed by atoms with van der Waals surface area (Å²) in [4.78, 5) is 14.6. The predicted molar refractivity (Wildman–Crippen MR) is 59.2 cm³/mol. The normalized spacial score (nSPS) is 16.7. The Kier molecular flexibility index (Phi) is 2.99. The summed E-state index contributed by atoms with van der Waals surface area (Å²) in [6, 6.07) is 4.00. The Morgan fingerprint density at radius 2 is 2.21 bits per heavy atom. The summed E-state index contributed by atoms with van der Waals surface area (Å²) in [5.74, 6) is 0.149. The Bertz CT molecular complexity index is 323. The summed E-state index contributed by atoms with van der Waals surface area (Å²) in [5.41, 5.74) is 0. The molecule has 1 aromatic rings. The second-order valence-corrected chi connectivity index (χ2v) is 4.36. The van der Waals surface area contributed by atoms with Crippen LogP contribution < -0.4 is 0 Å². The average Bonchev–Trinajstić information content (AvgIpc) is 2.87. The van der Waals surface area contributed by atoms with E-state index in [-0.39, 0.29) is 5.91 Å². The van der Waals surface area contributed by atoms with Crippen LogP contribution in [0.4, 0.5) is 0 Å². The van der Waals surface area contributed by atoms with Crippen molar-refractivity contribution < 1.29 is 4.79 Å². The molecular weight excluding hydrogens is 194 g/mol. The Morgan fingerprint density at radius 3 is 2.86 bits per heavy atom. The molecule has 0 saturated carbocycles. The number of carbonyl (C=O) groups excluding carboxylic acids is 1. The van der Waals surface area contributed by atoms with Gasteiger partial charge in [0, 0.05) is 24.0 Å². The summed E-state index contributed by atoms with van der Waals surface area (Å²) in [6.07, 6.45) is 5.87. The number of hydrogen-bond donors (Lipinski definition) is 0. The molecule has 0 aliphatic carbocycles. The number of likely N-dealkylation sites (tertiary alicyclic amines) is 1. The summed E-state index contributed by atoms with van der Waals surface area (Å²) >= 11 is 1.65. The van der Waals surface area contributed by atoms with Gasteiger partial charge in [-0.2, -0.15) is 0 Å². The largest absolute Gasteiger partial charge is 0.339 e. The monoisotopic (exact) mass is 207 g/mol. The van der Waals surface area contributed by atoms with Crippen molar-refractivity contribution in [2.75, 3.05) is 13.1 Å². The zero-order valence-corrected chi connectivity index (χ0v) is 8.80. The molecule has 2 rings (SSSR count). The van der Waals surface area contributed by atoms with Crippen LogP contribution in [0.1, 0.15) is 17.7 Å². The van der Waals surface area contributed by atoms with Gasteiger partial charge in [-0.25, -0.2) is 0 Å². The minimum Gasteiger partial charge on any atom is -0.339 e. The maximum atomic E-state index is 11.6. The molecule has 0 unspecified atom stereocenters. The third-order valence-electron chi connectivity index (χ3n) is 2.35. The third kappa shape index (κ3) is 2.23. The van der Waals surface area contributed by atoms with Gasteiger partial charge in [-0.15, -0.1) is 11.3 Å². The van der Waals surface area contributed by atoms with Crippen LogP contribution in [0.3, 0.4) is 0 Å². The van der Waals surface area contributed by atoms with Crippen molar-refractivity contribution in [3.05, 3.63) is 28.5 Å². The highest BCUT2D eigenvalue weighted by Gasteiger charge is 2.14. The molecule has 1 aliphatic heterocycles. The van der Waals surface area contributed by atoms with Gasteiger partial charge in [-0.05, 0) is 30.4 Å². The minimum atomic E-state index is 0.149. The van der Waals surface area contributed by atoms with Gasteiger partial charge < -0.3 is 4.90 Å². The second-order valence-electron chi connectivity index (χ2n) is 3.38. The zero-order chi connectivity index (χ0) is 9.80. The fourth-order valence-electron chi connectivity index (χ4n) is 1.58. The van der Waals surface area contributed by atoms with E-state index < -0.39 is 0 Å². The zero-order valence-electron chi connectivity index (χ0n) is 7.98. The van der Waals surface area contributed by atoms with Gasteiger partial charge in [0.15, 0.2) is 0 Å². The van der Waals surface area contributed by atoms with Gasteiger partial charge in [-0.1, -0.05) is 6.07 Å². The Hall–Kier alpha value is -1.09. The molecule has 1 fully saturated rings. The van der Waals surface area contributed by atoms with Crippen molar-refractivity contribution in [2.24, 2.45) is 0 Å². The number of amides is 1. The smallest absolute Gasteiger partial charge is 0.246 e. The van der Waals surface area contributed by atoms with E-state index in [1.807, 2.05) is 28.5 Å². The molecule has 0 atom stereocenters. The van der Waals surface area contributed by atoms with E-state index in [1.54, 1.807) is 17.4 Å².